The molecule has 5 nitrogen and oxygen atoms in total. The highest BCUT2D eigenvalue weighted by molar-refractivity contribution is 6.07. The van der Waals surface area contributed by atoms with E-state index >= 15 is 0 Å². The first-order chi connectivity index (χ1) is 8.87. The number of carbonyl (C=O) groups excluding carboxylic acids is 2. The molecule has 1 aliphatic heterocycles. The summed E-state index contributed by atoms with van der Waals surface area (Å²) in [6, 6.07) is 7.06. The highest BCUT2D eigenvalue weighted by Gasteiger charge is 2.25. The maximum atomic E-state index is 12.1. The number of anilines is 2. The van der Waals surface area contributed by atoms with Crippen molar-refractivity contribution >= 4 is 23.4 Å². The van der Waals surface area contributed by atoms with Gasteiger partial charge in [0.05, 0.1) is 11.4 Å². The summed E-state index contributed by atoms with van der Waals surface area (Å²) in [5.74, 6) is -0.279. The molecule has 0 atom stereocenters. The highest BCUT2D eigenvalue weighted by atomic mass is 16.6. The number of amides is 2. The van der Waals surface area contributed by atoms with Gasteiger partial charge in [0.1, 0.15) is 5.60 Å². The van der Waals surface area contributed by atoms with Crippen LogP contribution in [-0.2, 0) is 9.53 Å². The summed E-state index contributed by atoms with van der Waals surface area (Å²) in [4.78, 5) is 25.0. The second-order valence-electron chi connectivity index (χ2n) is 5.17. The predicted octanol–water partition coefficient (Wildman–Crippen LogP) is 2.89. The summed E-state index contributed by atoms with van der Waals surface area (Å²) in [7, 11) is 0. The number of benzene rings is 1. The van der Waals surface area contributed by atoms with Crippen molar-refractivity contribution in [2.75, 3.05) is 10.2 Å². The number of rotatable bonds is 0. The summed E-state index contributed by atoms with van der Waals surface area (Å²) >= 11 is 0. The SMILES string of the molecule is CC(C)(C)OC(=O)N1C=CC(=O)Nc2ccccc21. The fourth-order valence-electron chi connectivity index (χ4n) is 1.66. The van der Waals surface area contributed by atoms with Crippen LogP contribution in [0.1, 0.15) is 20.8 Å². The van der Waals surface area contributed by atoms with Crippen molar-refractivity contribution in [3.63, 3.8) is 0 Å². The third-order valence-electron chi connectivity index (χ3n) is 2.39. The Morgan fingerprint density at radius 2 is 1.95 bits per heavy atom. The minimum atomic E-state index is -0.594. The minimum absolute atomic E-state index is 0.279. The summed E-state index contributed by atoms with van der Waals surface area (Å²) in [5, 5.41) is 2.69. The normalized spacial score (nSPS) is 14.5. The molecule has 0 fully saturated rings. The van der Waals surface area contributed by atoms with Gasteiger partial charge in [-0.3, -0.25) is 9.69 Å². The molecule has 0 saturated carbocycles. The fraction of sp³-hybridized carbons (Fsp3) is 0.286. The number of fused-ring (bicyclic) bond motifs is 1. The van der Waals surface area contributed by atoms with Gasteiger partial charge >= 0.3 is 6.09 Å². The molecule has 0 saturated heterocycles. The topological polar surface area (TPSA) is 58.6 Å². The van der Waals surface area contributed by atoms with Gasteiger partial charge in [0.25, 0.3) is 0 Å². The summed E-state index contributed by atoms with van der Waals surface area (Å²) < 4.78 is 5.32. The van der Waals surface area contributed by atoms with E-state index in [1.165, 1.54) is 17.2 Å². The number of hydrogen-bond donors (Lipinski definition) is 1. The van der Waals surface area contributed by atoms with E-state index in [-0.39, 0.29) is 5.91 Å². The molecule has 0 aliphatic carbocycles. The Morgan fingerprint density at radius 3 is 2.63 bits per heavy atom. The molecule has 1 aromatic carbocycles. The maximum absolute atomic E-state index is 12.1. The van der Waals surface area contributed by atoms with E-state index in [4.69, 9.17) is 4.74 Å². The smallest absolute Gasteiger partial charge is 0.419 e. The predicted molar refractivity (Wildman–Crippen MR) is 72.9 cm³/mol. The molecular formula is C14H16N2O3. The number of nitrogens with zero attached hydrogens (tertiary/aromatic N) is 1. The molecule has 2 rings (SSSR count). The lowest BCUT2D eigenvalue weighted by Crippen LogP contribution is -2.33. The molecule has 0 bridgehead atoms. The first kappa shape index (κ1) is 13.1. The van der Waals surface area contributed by atoms with Gasteiger partial charge in [0.15, 0.2) is 0 Å². The Kier molecular flexibility index (Phi) is 3.29. The van der Waals surface area contributed by atoms with E-state index in [0.717, 1.165) is 0 Å². The monoisotopic (exact) mass is 260 g/mol. The Morgan fingerprint density at radius 1 is 1.26 bits per heavy atom. The largest absolute Gasteiger partial charge is 0.443 e. The third kappa shape index (κ3) is 3.13. The molecule has 1 aliphatic rings. The molecular weight excluding hydrogens is 244 g/mol. The van der Waals surface area contributed by atoms with E-state index in [9.17, 15) is 9.59 Å². The van der Waals surface area contributed by atoms with Crippen molar-refractivity contribution in [3.05, 3.63) is 36.5 Å². The molecule has 2 amide bonds. The number of carbonyl (C=O) groups is 2. The summed E-state index contributed by atoms with van der Waals surface area (Å²) in [5.41, 5.74) is 0.561. The van der Waals surface area contributed by atoms with Gasteiger partial charge in [-0.05, 0) is 32.9 Å². The van der Waals surface area contributed by atoms with Crippen LogP contribution in [-0.4, -0.2) is 17.6 Å². The Balaban J connectivity index is 2.37. The molecule has 100 valence electrons. The van der Waals surface area contributed by atoms with Crippen molar-refractivity contribution in [2.24, 2.45) is 0 Å². The number of ether oxygens (including phenoxy) is 1. The van der Waals surface area contributed by atoms with Gasteiger partial charge in [-0.25, -0.2) is 4.79 Å². The molecule has 1 aromatic rings. The van der Waals surface area contributed by atoms with Crippen molar-refractivity contribution in [3.8, 4) is 0 Å². The average molecular weight is 260 g/mol. The van der Waals surface area contributed by atoms with Crippen LogP contribution in [0.5, 0.6) is 0 Å². The Hall–Kier alpha value is -2.30. The zero-order valence-electron chi connectivity index (χ0n) is 11.1. The zero-order valence-corrected chi connectivity index (χ0v) is 11.1. The van der Waals surface area contributed by atoms with E-state index in [2.05, 4.69) is 5.32 Å². The minimum Gasteiger partial charge on any atom is -0.443 e. The van der Waals surface area contributed by atoms with Crippen LogP contribution in [0.3, 0.4) is 0 Å². The number of hydrogen-bond acceptors (Lipinski definition) is 3. The second-order valence-corrected chi connectivity index (χ2v) is 5.17. The van der Waals surface area contributed by atoms with Crippen molar-refractivity contribution in [1.82, 2.24) is 0 Å². The van der Waals surface area contributed by atoms with Crippen LogP contribution in [0.4, 0.5) is 16.2 Å². The van der Waals surface area contributed by atoms with E-state index < -0.39 is 11.7 Å². The molecule has 0 radical (unpaired) electrons. The van der Waals surface area contributed by atoms with Crippen LogP contribution in [0.25, 0.3) is 0 Å². The van der Waals surface area contributed by atoms with Crippen LogP contribution < -0.4 is 10.2 Å². The average Bonchev–Trinajstić information content (AvgIpc) is 2.45. The molecule has 19 heavy (non-hydrogen) atoms. The molecule has 0 aromatic heterocycles. The van der Waals surface area contributed by atoms with Crippen molar-refractivity contribution in [1.29, 1.82) is 0 Å². The molecule has 5 heteroatoms. The first-order valence-electron chi connectivity index (χ1n) is 5.97. The van der Waals surface area contributed by atoms with Crippen molar-refractivity contribution in [2.45, 2.75) is 26.4 Å². The number of nitrogens with one attached hydrogen (secondary N) is 1. The van der Waals surface area contributed by atoms with Gasteiger partial charge in [-0.1, -0.05) is 12.1 Å². The van der Waals surface area contributed by atoms with Crippen LogP contribution in [0.15, 0.2) is 36.5 Å². The van der Waals surface area contributed by atoms with Crippen LogP contribution in [0.2, 0.25) is 0 Å². The summed E-state index contributed by atoms with van der Waals surface area (Å²) in [6.07, 6.45) is 2.19. The van der Waals surface area contributed by atoms with Crippen LogP contribution in [0, 0.1) is 0 Å². The zero-order chi connectivity index (χ0) is 14.0. The van der Waals surface area contributed by atoms with E-state index in [1.807, 2.05) is 0 Å². The van der Waals surface area contributed by atoms with E-state index in [1.54, 1.807) is 45.0 Å². The van der Waals surface area contributed by atoms with Gasteiger partial charge in [0.2, 0.25) is 5.91 Å². The lowest BCUT2D eigenvalue weighted by molar-refractivity contribution is -0.111. The summed E-state index contributed by atoms with van der Waals surface area (Å²) in [6.45, 7) is 5.38. The first-order valence-corrected chi connectivity index (χ1v) is 5.97. The van der Waals surface area contributed by atoms with Crippen molar-refractivity contribution < 1.29 is 14.3 Å². The standard InChI is InChI=1S/C14H16N2O3/c1-14(2,3)19-13(18)16-9-8-12(17)15-10-6-4-5-7-11(10)16/h4-9H,1-3H3,(H,15,17). The quantitative estimate of drug-likeness (QED) is 0.780. The third-order valence-corrected chi connectivity index (χ3v) is 2.39. The fourth-order valence-corrected chi connectivity index (χ4v) is 1.66. The molecule has 1 N–H and O–H groups in total. The van der Waals surface area contributed by atoms with Gasteiger partial charge < -0.3 is 10.1 Å². The van der Waals surface area contributed by atoms with Gasteiger partial charge in [-0.15, -0.1) is 0 Å². The Bertz CT molecular complexity index is 544. The number of para-hydroxylation sites is 2. The molecule has 0 unspecified atom stereocenters. The highest BCUT2D eigenvalue weighted by Crippen LogP contribution is 2.29. The maximum Gasteiger partial charge on any atom is 0.419 e. The Labute approximate surface area is 111 Å². The molecule has 1 heterocycles. The molecule has 0 spiro atoms. The lowest BCUT2D eigenvalue weighted by Gasteiger charge is -2.25. The van der Waals surface area contributed by atoms with Gasteiger partial charge in [-0.2, -0.15) is 0 Å². The van der Waals surface area contributed by atoms with Gasteiger partial charge in [0, 0.05) is 12.3 Å². The lowest BCUT2D eigenvalue weighted by atomic mass is 10.2. The second kappa shape index (κ2) is 4.76. The van der Waals surface area contributed by atoms with Crippen LogP contribution >= 0.6 is 0 Å². The van der Waals surface area contributed by atoms with E-state index in [0.29, 0.717) is 11.4 Å².